The second kappa shape index (κ2) is 8.31. The van der Waals surface area contributed by atoms with Gasteiger partial charge < -0.3 is 14.8 Å². The van der Waals surface area contributed by atoms with Crippen molar-refractivity contribution in [1.82, 2.24) is 0 Å². The number of hydrogen-bond acceptors (Lipinski definition) is 5. The minimum absolute atomic E-state index is 0.0208. The Labute approximate surface area is 112 Å². The smallest absolute Gasteiger partial charge is 0.275 e. The van der Waals surface area contributed by atoms with E-state index >= 15 is 0 Å². The molecule has 0 saturated carbocycles. The topological polar surface area (TPSA) is 73.6 Å². The fraction of sp³-hybridized carbons (Fsp3) is 0.538. The van der Waals surface area contributed by atoms with Crippen molar-refractivity contribution < 1.29 is 14.4 Å². The molecule has 0 aliphatic carbocycles. The molecule has 0 aromatic heterocycles. The van der Waals surface area contributed by atoms with E-state index in [0.717, 1.165) is 13.0 Å². The van der Waals surface area contributed by atoms with E-state index in [1.165, 1.54) is 12.1 Å². The zero-order valence-corrected chi connectivity index (χ0v) is 11.3. The molecule has 0 unspecified atom stereocenters. The second-order valence-corrected chi connectivity index (χ2v) is 3.94. The normalized spacial score (nSPS) is 10.2. The van der Waals surface area contributed by atoms with Crippen LogP contribution in [0.2, 0.25) is 0 Å². The maximum Gasteiger partial charge on any atom is 0.275 e. The summed E-state index contributed by atoms with van der Waals surface area (Å²) < 4.78 is 10.6. The third kappa shape index (κ3) is 5.56. The monoisotopic (exact) mass is 268 g/mol. The third-order valence-electron chi connectivity index (χ3n) is 2.38. The summed E-state index contributed by atoms with van der Waals surface area (Å²) in [6, 6.07) is 4.68. The number of nitro benzene ring substituents is 1. The van der Waals surface area contributed by atoms with Crippen LogP contribution in [0, 0.1) is 10.1 Å². The molecule has 1 rings (SSSR count). The number of ether oxygens (including phenoxy) is 2. The van der Waals surface area contributed by atoms with Gasteiger partial charge in [-0.2, -0.15) is 0 Å². The summed E-state index contributed by atoms with van der Waals surface area (Å²) in [4.78, 5) is 10.4. The highest BCUT2D eigenvalue weighted by atomic mass is 16.6. The van der Waals surface area contributed by atoms with E-state index in [1.807, 2.05) is 13.8 Å². The summed E-state index contributed by atoms with van der Waals surface area (Å²) in [6.07, 6.45) is 0.948. The van der Waals surface area contributed by atoms with E-state index in [4.69, 9.17) is 9.47 Å². The Bertz CT molecular complexity index is 410. The van der Waals surface area contributed by atoms with Crippen LogP contribution in [0.1, 0.15) is 20.3 Å². The van der Waals surface area contributed by atoms with Crippen molar-refractivity contribution in [3.05, 3.63) is 28.3 Å². The fourth-order valence-corrected chi connectivity index (χ4v) is 1.51. The van der Waals surface area contributed by atoms with Crippen LogP contribution >= 0.6 is 0 Å². The number of rotatable bonds is 9. The summed E-state index contributed by atoms with van der Waals surface area (Å²) in [7, 11) is 0. The molecule has 19 heavy (non-hydrogen) atoms. The van der Waals surface area contributed by atoms with Crippen molar-refractivity contribution in [1.29, 1.82) is 0 Å². The molecule has 0 radical (unpaired) electrons. The Balaban J connectivity index is 2.72. The van der Waals surface area contributed by atoms with Gasteiger partial charge in [0, 0.05) is 31.0 Å². The van der Waals surface area contributed by atoms with E-state index < -0.39 is 4.92 Å². The molecule has 6 nitrogen and oxygen atoms in total. The molecule has 1 aromatic carbocycles. The Morgan fingerprint density at radius 3 is 2.68 bits per heavy atom. The van der Waals surface area contributed by atoms with Crippen molar-refractivity contribution in [2.45, 2.75) is 20.3 Å². The maximum atomic E-state index is 10.9. The van der Waals surface area contributed by atoms with Gasteiger partial charge in [0.25, 0.3) is 5.69 Å². The van der Waals surface area contributed by atoms with Crippen molar-refractivity contribution >= 4 is 11.4 Å². The Morgan fingerprint density at radius 1 is 1.26 bits per heavy atom. The second-order valence-electron chi connectivity index (χ2n) is 3.94. The molecule has 0 bridgehead atoms. The van der Waals surface area contributed by atoms with E-state index in [-0.39, 0.29) is 5.69 Å². The number of anilines is 1. The van der Waals surface area contributed by atoms with Crippen LogP contribution in [0.5, 0.6) is 5.75 Å². The van der Waals surface area contributed by atoms with Crippen LogP contribution in [0.3, 0.4) is 0 Å². The quantitative estimate of drug-likeness (QED) is 0.423. The minimum Gasteiger partial charge on any atom is -0.491 e. The largest absolute Gasteiger partial charge is 0.491 e. The van der Waals surface area contributed by atoms with E-state index in [9.17, 15) is 10.1 Å². The van der Waals surface area contributed by atoms with Crippen LogP contribution in [-0.4, -0.2) is 31.3 Å². The van der Waals surface area contributed by atoms with Gasteiger partial charge in [-0.25, -0.2) is 0 Å². The number of hydrogen-bond donors (Lipinski definition) is 1. The van der Waals surface area contributed by atoms with Crippen LogP contribution in [0.15, 0.2) is 18.2 Å². The van der Waals surface area contributed by atoms with Gasteiger partial charge in [0.2, 0.25) is 0 Å². The first kappa shape index (κ1) is 15.2. The summed E-state index contributed by atoms with van der Waals surface area (Å²) >= 11 is 0. The SMILES string of the molecule is CCCNc1cc(OCCOCC)cc([N+](=O)[O-])c1. The van der Waals surface area contributed by atoms with Crippen LogP contribution < -0.4 is 10.1 Å². The predicted molar refractivity (Wildman–Crippen MR) is 73.9 cm³/mol. The number of non-ortho nitro benzene ring substituents is 1. The van der Waals surface area contributed by atoms with Crippen molar-refractivity contribution in [2.75, 3.05) is 31.7 Å². The molecule has 0 saturated heterocycles. The van der Waals surface area contributed by atoms with E-state index in [2.05, 4.69) is 5.32 Å². The van der Waals surface area contributed by atoms with Crippen molar-refractivity contribution in [3.63, 3.8) is 0 Å². The van der Waals surface area contributed by atoms with Gasteiger partial charge in [-0.05, 0) is 13.3 Å². The van der Waals surface area contributed by atoms with E-state index in [1.54, 1.807) is 6.07 Å². The minimum atomic E-state index is -0.424. The van der Waals surface area contributed by atoms with Gasteiger partial charge in [-0.15, -0.1) is 0 Å². The maximum absolute atomic E-state index is 10.9. The van der Waals surface area contributed by atoms with Gasteiger partial charge in [-0.3, -0.25) is 10.1 Å². The third-order valence-corrected chi connectivity index (χ3v) is 2.38. The molecule has 0 heterocycles. The van der Waals surface area contributed by atoms with Gasteiger partial charge in [0.1, 0.15) is 12.4 Å². The first-order valence-electron chi connectivity index (χ1n) is 6.41. The highest BCUT2D eigenvalue weighted by Gasteiger charge is 2.10. The molecule has 0 aliphatic rings. The zero-order valence-electron chi connectivity index (χ0n) is 11.3. The molecular weight excluding hydrogens is 248 g/mol. The lowest BCUT2D eigenvalue weighted by atomic mass is 10.2. The standard InChI is InChI=1S/C13H20N2O4/c1-3-5-14-11-8-12(15(16)17)10-13(9-11)19-7-6-18-4-2/h8-10,14H,3-7H2,1-2H3. The van der Waals surface area contributed by atoms with Gasteiger partial charge >= 0.3 is 0 Å². The zero-order chi connectivity index (χ0) is 14.1. The first-order chi connectivity index (χ1) is 9.17. The number of nitrogens with one attached hydrogen (secondary N) is 1. The number of nitro groups is 1. The van der Waals surface area contributed by atoms with Crippen LogP contribution in [-0.2, 0) is 4.74 Å². The molecule has 0 fully saturated rings. The van der Waals surface area contributed by atoms with Crippen LogP contribution in [0.25, 0.3) is 0 Å². The van der Waals surface area contributed by atoms with Gasteiger partial charge in [-0.1, -0.05) is 6.92 Å². The van der Waals surface area contributed by atoms with Gasteiger partial charge in [0.15, 0.2) is 0 Å². The average molecular weight is 268 g/mol. The molecule has 0 spiro atoms. The highest BCUT2D eigenvalue weighted by Crippen LogP contribution is 2.26. The predicted octanol–water partition coefficient (Wildman–Crippen LogP) is 2.83. The average Bonchev–Trinajstić information content (AvgIpc) is 2.41. The molecule has 0 atom stereocenters. The summed E-state index contributed by atoms with van der Waals surface area (Å²) in [5.74, 6) is 0.479. The lowest BCUT2D eigenvalue weighted by Crippen LogP contribution is -2.07. The van der Waals surface area contributed by atoms with Gasteiger partial charge in [0.05, 0.1) is 17.6 Å². The molecule has 6 heteroatoms. The number of nitrogens with zero attached hydrogens (tertiary/aromatic N) is 1. The Kier molecular flexibility index (Phi) is 6.67. The van der Waals surface area contributed by atoms with Crippen molar-refractivity contribution in [3.8, 4) is 5.75 Å². The molecule has 106 valence electrons. The highest BCUT2D eigenvalue weighted by molar-refractivity contribution is 5.56. The Morgan fingerprint density at radius 2 is 2.05 bits per heavy atom. The van der Waals surface area contributed by atoms with E-state index in [0.29, 0.717) is 31.3 Å². The lowest BCUT2D eigenvalue weighted by molar-refractivity contribution is -0.384. The summed E-state index contributed by atoms with van der Waals surface area (Å²) in [6.45, 7) is 6.17. The first-order valence-corrected chi connectivity index (χ1v) is 6.41. The lowest BCUT2D eigenvalue weighted by Gasteiger charge is -2.09. The molecule has 0 aliphatic heterocycles. The summed E-state index contributed by atoms with van der Waals surface area (Å²) in [5.41, 5.74) is 0.718. The van der Waals surface area contributed by atoms with Crippen molar-refractivity contribution in [2.24, 2.45) is 0 Å². The molecule has 1 N–H and O–H groups in total. The fourth-order valence-electron chi connectivity index (χ4n) is 1.51. The molecular formula is C13H20N2O4. The Hall–Kier alpha value is -1.82. The van der Waals surface area contributed by atoms with Crippen LogP contribution in [0.4, 0.5) is 11.4 Å². The number of benzene rings is 1. The molecule has 1 aromatic rings. The molecule has 0 amide bonds. The summed E-state index contributed by atoms with van der Waals surface area (Å²) in [5, 5.41) is 14.0.